The molecule has 2 aromatic carbocycles. The fraction of sp³-hybridized carbons (Fsp3) is 0.576. The number of Topliss-reactive ketones (excluding diaryl/α,β-unsaturated/α-hetero) is 2. The normalized spacial score (nSPS) is 23.5. The van der Waals surface area contributed by atoms with E-state index in [1.54, 1.807) is 36.5 Å². The van der Waals surface area contributed by atoms with Gasteiger partial charge in [0.1, 0.15) is 26.3 Å². The summed E-state index contributed by atoms with van der Waals surface area (Å²) in [4.78, 5) is 197. The summed E-state index contributed by atoms with van der Waals surface area (Å²) in [7, 11) is -21.5. The van der Waals surface area contributed by atoms with Crippen molar-refractivity contribution in [1.29, 1.82) is 0 Å². The summed E-state index contributed by atoms with van der Waals surface area (Å²) < 4.78 is 84.1. The Kier molecular flexibility index (Phi) is 26.8. The maximum absolute atomic E-state index is 14.8. The summed E-state index contributed by atoms with van der Waals surface area (Å²) in [5, 5.41) is 0.580. The van der Waals surface area contributed by atoms with Crippen molar-refractivity contribution in [3.63, 3.8) is 0 Å². The van der Waals surface area contributed by atoms with Crippen LogP contribution in [0.2, 0.25) is 11.6 Å². The third-order valence-electron chi connectivity index (χ3n) is 21.2. The Morgan fingerprint density at radius 1 is 0.538 bits per heavy atom. The average Bonchev–Trinajstić information content (AvgIpc) is 1.52. The Bertz CT molecular complexity index is 3920. The lowest BCUT2D eigenvalue weighted by molar-refractivity contribution is -0.829. The van der Waals surface area contributed by atoms with E-state index in [-0.39, 0.29) is 93.9 Å². The number of carbonyl (C=O) groups excluding carboxylic acids is 8. The topological polar surface area (TPSA) is 500 Å². The number of carbonyl (C=O) groups is 8. The molecule has 2 spiro atoms. The Balaban J connectivity index is 0.000000247. The van der Waals surface area contributed by atoms with Gasteiger partial charge in [-0.15, -0.1) is 0 Å². The van der Waals surface area contributed by atoms with E-state index >= 15 is 0 Å². The number of hydrogen-bond acceptors (Lipinski definition) is 20. The van der Waals surface area contributed by atoms with Gasteiger partial charge in [0.05, 0.1) is 74.7 Å². The molecule has 1 unspecified atom stereocenters. The van der Waals surface area contributed by atoms with Gasteiger partial charge in [0.15, 0.2) is 58.5 Å². The molecule has 2 aromatic heterocycles. The van der Waals surface area contributed by atoms with Crippen molar-refractivity contribution < 1.29 is 143 Å². The molecular weight excluding hydrogens is 1470 g/mol. The number of aromatic amines is 2. The van der Waals surface area contributed by atoms with Gasteiger partial charge in [-0.3, -0.25) is 56.6 Å². The van der Waals surface area contributed by atoms with Crippen molar-refractivity contribution in [2.75, 3.05) is 52.5 Å². The largest absolute Gasteiger partial charge is 0.600 e. The van der Waals surface area contributed by atoms with Gasteiger partial charge in [-0.05, 0) is 86.0 Å². The molecule has 4 aliphatic heterocycles. The van der Waals surface area contributed by atoms with Crippen LogP contribution in [0.4, 0.5) is 0 Å². The van der Waals surface area contributed by atoms with E-state index < -0.39 is 155 Å². The number of esters is 2. The minimum Gasteiger partial charge on any atom is -0.600 e. The summed E-state index contributed by atoms with van der Waals surface area (Å²) in [5.74, 6) is -6.98. The first kappa shape index (κ1) is 83.4. The maximum Gasteiger partial charge on any atom is 0.587 e. The number of ketones is 2. The number of amides is 2. The molecule has 4 saturated heterocycles. The summed E-state index contributed by atoms with van der Waals surface area (Å²) in [5.41, 5.74) is 0.742. The number of nitrogens with one attached hydrogen (secondary N) is 4. The first-order valence-electron chi connectivity index (χ1n) is 35.5. The third-order valence-corrected chi connectivity index (χ3v) is 28.7. The predicted octanol–water partition coefficient (Wildman–Crippen LogP) is 3.77. The molecule has 0 radical (unpaired) electrons. The molecule has 40 heteroatoms. The number of benzene rings is 2. The summed E-state index contributed by atoms with van der Waals surface area (Å²) >= 11 is 0. The average molecular weight is 1560 g/mol. The number of nitrogens with zero attached hydrogens (tertiary/aromatic N) is 4. The second-order valence-electron chi connectivity index (χ2n) is 30.0. The first-order chi connectivity index (χ1) is 49.7. The van der Waals surface area contributed by atoms with Crippen molar-refractivity contribution >= 4 is 91.0 Å². The highest BCUT2D eigenvalue weighted by atomic mass is 31.2. The van der Waals surface area contributed by atoms with E-state index in [1.165, 1.54) is 31.0 Å². The zero-order valence-electron chi connectivity index (χ0n) is 59.5. The van der Waals surface area contributed by atoms with Crippen LogP contribution in [0.1, 0.15) is 150 Å². The third kappa shape index (κ3) is 20.2. The highest BCUT2D eigenvalue weighted by Crippen LogP contribution is 2.64. The minimum absolute atomic E-state index is 0.0347. The van der Waals surface area contributed by atoms with Gasteiger partial charge in [-0.2, -0.15) is 0 Å². The van der Waals surface area contributed by atoms with Gasteiger partial charge in [0, 0.05) is 0 Å². The smallest absolute Gasteiger partial charge is 0.587 e. The lowest BCUT2D eigenvalue weighted by Crippen LogP contribution is -2.66. The van der Waals surface area contributed by atoms with Crippen LogP contribution in [0.5, 0.6) is 0 Å². The van der Waals surface area contributed by atoms with E-state index in [0.717, 1.165) is 62.5 Å². The number of ether oxygens (including phenoxy) is 2. The number of hydrogen-bond donors (Lipinski definition) is 10. The maximum atomic E-state index is 14.8. The van der Waals surface area contributed by atoms with Crippen molar-refractivity contribution in [2.24, 2.45) is 11.8 Å². The fourth-order valence-electron chi connectivity index (χ4n) is 16.9. The van der Waals surface area contributed by atoms with Gasteiger partial charge in [0.2, 0.25) is 0 Å². The highest BCUT2D eigenvalue weighted by Gasteiger charge is 2.74. The second-order valence-corrected chi connectivity index (χ2v) is 38.0. The van der Waals surface area contributed by atoms with Crippen molar-refractivity contribution in [1.82, 2.24) is 20.6 Å². The van der Waals surface area contributed by atoms with Gasteiger partial charge in [-0.25, -0.2) is 19.9 Å². The standard InChI is InChI=1S/C37H55BN4O12P2.C29H39BN4O14P2/c1-27(2)20-29(22-32(43)30(21-28-10-4-3-5-11-28)41-35(45)31-24-39-16-17-40-31)38-42(25-36(53-38)12-6-7-13-36,26-37(54-38)14-8-9-15-37)18-19-52-33(44)23-34(55(46,47)48)56(49,50)51;1-19(2)12-21(14-24(35)22(13-20-6-4-3-5-7-20)33-29(39)23-16-31-8-9-32-23)30-34(17-26(37)47-30,18-27(38)48-30)10-11-46-25(36)15-28(49(40,41)42)50(43,44)45/h3-5,10-11,16-17,24,27,29-30,34H,6-9,12-15,18-23,25-26H2,1-2H3,(H,41,45)(H2,46,47,48)(H2,49,50,51);3-9,16,19,21-22,28H,10-15,17-18H2,1-2H3,(H,33,39)(H2,40,41,42)(H2,43,44,45)/p+2/t29?,30-,38?,42?;21-,22+,30?,34?/m01/s1. The Hall–Kier alpha value is -6.67. The lowest BCUT2D eigenvalue weighted by Gasteiger charge is -2.50. The first-order valence-corrected chi connectivity index (χ1v) is 42.2. The molecule has 34 nitrogen and oxygen atoms in total. The van der Waals surface area contributed by atoms with Crippen molar-refractivity contribution in [3.05, 3.63) is 120 Å². The van der Waals surface area contributed by atoms with Crippen LogP contribution in [0.3, 0.4) is 0 Å². The zero-order valence-corrected chi connectivity index (χ0v) is 63.1. The number of rotatable bonds is 34. The monoisotopic (exact) mass is 1560 g/mol. The van der Waals surface area contributed by atoms with Crippen LogP contribution in [0, 0.1) is 11.8 Å². The van der Waals surface area contributed by atoms with E-state index in [2.05, 4.69) is 44.4 Å². The molecule has 2 amide bonds. The molecule has 580 valence electrons. The molecule has 6 aliphatic rings. The number of fused-ring (bicyclic) bond motifs is 2. The van der Waals surface area contributed by atoms with Crippen LogP contribution < -0.4 is 20.6 Å². The molecule has 2 saturated carbocycles. The molecule has 4 atom stereocenters. The molecule has 0 bridgehead atoms. The van der Waals surface area contributed by atoms with Gasteiger partial charge in [-0.1, -0.05) is 127 Å². The quantitative estimate of drug-likeness (QED) is 0.0181. The van der Waals surface area contributed by atoms with Crippen molar-refractivity contribution in [2.45, 2.75) is 176 Å². The van der Waals surface area contributed by atoms with Crippen LogP contribution in [-0.2, 0) is 88.0 Å². The molecule has 12 N–H and O–H groups in total. The number of H-pyrrole nitrogens is 2. The van der Waals surface area contributed by atoms with Crippen LogP contribution in [-0.4, -0.2) is 205 Å². The number of quaternary nitrogens is 2. The highest BCUT2D eigenvalue weighted by molar-refractivity contribution is 7.71. The van der Waals surface area contributed by atoms with Gasteiger partial charge < -0.3 is 86.7 Å². The Labute approximate surface area is 612 Å². The van der Waals surface area contributed by atoms with E-state index in [4.69, 9.17) is 28.1 Å². The molecule has 6 fully saturated rings. The summed E-state index contributed by atoms with van der Waals surface area (Å²) in [6.45, 7) is 2.14. The summed E-state index contributed by atoms with van der Waals surface area (Å²) in [6, 6.07) is 16.5. The van der Waals surface area contributed by atoms with E-state index in [0.29, 0.717) is 23.9 Å². The van der Waals surface area contributed by atoms with E-state index in [1.807, 2.05) is 44.2 Å². The lowest BCUT2D eigenvalue weighted by atomic mass is 9.51. The Morgan fingerprint density at radius 2 is 0.896 bits per heavy atom. The molecule has 106 heavy (non-hydrogen) atoms. The molecule has 6 heterocycles. The summed E-state index contributed by atoms with van der Waals surface area (Å²) in [6.07, 6.45) is 14.3. The van der Waals surface area contributed by atoms with Gasteiger partial charge >= 0.3 is 67.6 Å². The number of aromatic nitrogens is 4. The van der Waals surface area contributed by atoms with Crippen LogP contribution >= 0.6 is 30.4 Å². The zero-order chi connectivity index (χ0) is 77.3. The molecule has 2 aliphatic carbocycles. The van der Waals surface area contributed by atoms with Crippen molar-refractivity contribution in [3.8, 4) is 0 Å². The van der Waals surface area contributed by atoms with Crippen LogP contribution in [0.25, 0.3) is 0 Å². The molecule has 4 aromatic rings. The molecular formula is C66H96B2N8O26P4+2. The minimum atomic E-state index is -5.41. The SMILES string of the molecule is CC(C)CC(CC(=O)[C@H](Cc1ccccc1)NC(=O)c1c[nH+]ccn1)[B-]12OC3(CCCC3)C[N+]1(CCOC(=O)CC(P(=O)(O)O)P(=O)(O)O)CC1(CCCC1)O2.CC(C)C[C@H](CC(=O)[C@H](Cc1ccccc1)NC(=O)c1c[nH+]ccn1)[B-]12OC(=O)C[N+]1(CCOC(=O)CC(P(=O)(O)O)P(=O)(O)O)CC(=O)O2. The van der Waals surface area contributed by atoms with Crippen LogP contribution in [0.15, 0.2) is 97.8 Å². The predicted molar refractivity (Wildman–Crippen MR) is 375 cm³/mol. The second kappa shape index (κ2) is 34.1. The Morgan fingerprint density at radius 3 is 1.24 bits per heavy atom. The fourth-order valence-corrected chi connectivity index (χ4v) is 21.6. The van der Waals surface area contributed by atoms with Gasteiger partial charge in [0.25, 0.3) is 11.8 Å². The van der Waals surface area contributed by atoms with E-state index in [9.17, 15) is 95.8 Å². The molecule has 10 rings (SSSR count).